The summed E-state index contributed by atoms with van der Waals surface area (Å²) in [4.78, 5) is 4.38. The Morgan fingerprint density at radius 3 is 3.07 bits per heavy atom. The third-order valence-corrected chi connectivity index (χ3v) is 2.45. The average Bonchev–Trinajstić information content (AvgIpc) is 2.69. The molecule has 2 rings (SSSR count). The van der Waals surface area contributed by atoms with Crippen molar-refractivity contribution in [3.63, 3.8) is 0 Å². The van der Waals surface area contributed by atoms with Crippen molar-refractivity contribution in [3.8, 4) is 11.5 Å². The first-order valence-electron chi connectivity index (χ1n) is 4.32. The molecule has 0 radical (unpaired) electrons. The van der Waals surface area contributed by atoms with Crippen LogP contribution < -0.4 is 15.4 Å². The van der Waals surface area contributed by atoms with E-state index in [-0.39, 0.29) is 24.2 Å². The van der Waals surface area contributed by atoms with Gasteiger partial charge in [0.1, 0.15) is 10.8 Å². The summed E-state index contributed by atoms with van der Waals surface area (Å²) in [5, 5.41) is -0.0583. The van der Waals surface area contributed by atoms with Crippen molar-refractivity contribution in [1.29, 1.82) is 0 Å². The molecule has 0 atom stereocenters. The third-order valence-electron chi connectivity index (χ3n) is 2.11. The first-order chi connectivity index (χ1) is 7.24. The van der Waals surface area contributed by atoms with Gasteiger partial charge in [0, 0.05) is 6.42 Å². The second-order valence-corrected chi connectivity index (χ2v) is 3.40. The van der Waals surface area contributed by atoms with E-state index in [1.807, 2.05) is 0 Å². The van der Waals surface area contributed by atoms with Crippen LogP contribution in [0.3, 0.4) is 0 Å². The number of hydrogen-bond acceptors (Lipinski definition) is 4. The molecule has 0 fully saturated rings. The summed E-state index contributed by atoms with van der Waals surface area (Å²) in [5.41, 5.74) is 0.398. The average molecular weight is 234 g/mol. The predicted molar refractivity (Wildman–Crippen MR) is 51.4 cm³/mol. The first-order valence-corrected chi connectivity index (χ1v) is 4.70. The third kappa shape index (κ3) is 1.86. The van der Waals surface area contributed by atoms with Crippen molar-refractivity contribution in [1.82, 2.24) is 0 Å². The SMILES string of the molecule is NOCCc1cc2c(c(Cl)c1F)OCO2. The van der Waals surface area contributed by atoms with Crippen LogP contribution in [0.5, 0.6) is 11.5 Å². The van der Waals surface area contributed by atoms with Gasteiger partial charge in [0.15, 0.2) is 11.5 Å². The van der Waals surface area contributed by atoms with Gasteiger partial charge in [0.25, 0.3) is 0 Å². The predicted octanol–water partition coefficient (Wildman–Crippen LogP) is 1.64. The van der Waals surface area contributed by atoms with Crippen LogP contribution in [-0.2, 0) is 11.3 Å². The highest BCUT2D eigenvalue weighted by molar-refractivity contribution is 6.32. The molecule has 1 aliphatic rings. The summed E-state index contributed by atoms with van der Waals surface area (Å²) in [6.45, 7) is 0.276. The number of rotatable bonds is 3. The molecule has 0 saturated carbocycles. The summed E-state index contributed by atoms with van der Waals surface area (Å²) >= 11 is 5.77. The second-order valence-electron chi connectivity index (χ2n) is 3.02. The van der Waals surface area contributed by atoms with E-state index >= 15 is 0 Å². The van der Waals surface area contributed by atoms with Crippen molar-refractivity contribution in [2.75, 3.05) is 13.4 Å². The maximum atomic E-state index is 13.6. The molecule has 0 saturated heterocycles. The molecule has 1 heterocycles. The Morgan fingerprint density at radius 2 is 2.33 bits per heavy atom. The largest absolute Gasteiger partial charge is 0.454 e. The lowest BCUT2D eigenvalue weighted by Crippen LogP contribution is -2.05. The molecule has 82 valence electrons. The minimum absolute atomic E-state index is 0.0583. The molecule has 1 aromatic carbocycles. The van der Waals surface area contributed by atoms with Crippen LogP contribution in [0.4, 0.5) is 4.39 Å². The quantitative estimate of drug-likeness (QED) is 0.807. The molecule has 1 aromatic rings. The van der Waals surface area contributed by atoms with Crippen molar-refractivity contribution in [3.05, 3.63) is 22.5 Å². The number of benzene rings is 1. The van der Waals surface area contributed by atoms with Crippen molar-refractivity contribution < 1.29 is 18.7 Å². The van der Waals surface area contributed by atoms with Crippen LogP contribution >= 0.6 is 11.6 Å². The van der Waals surface area contributed by atoms with E-state index in [9.17, 15) is 4.39 Å². The van der Waals surface area contributed by atoms with E-state index in [4.69, 9.17) is 27.0 Å². The zero-order chi connectivity index (χ0) is 10.8. The lowest BCUT2D eigenvalue weighted by atomic mass is 10.1. The molecule has 6 heteroatoms. The Labute approximate surface area is 90.6 Å². The van der Waals surface area contributed by atoms with Crippen molar-refractivity contribution in [2.45, 2.75) is 6.42 Å². The van der Waals surface area contributed by atoms with Gasteiger partial charge in [-0.25, -0.2) is 10.3 Å². The lowest BCUT2D eigenvalue weighted by molar-refractivity contribution is 0.140. The van der Waals surface area contributed by atoms with E-state index in [1.54, 1.807) is 6.07 Å². The maximum Gasteiger partial charge on any atom is 0.231 e. The normalized spacial score (nSPS) is 13.3. The molecule has 15 heavy (non-hydrogen) atoms. The molecule has 4 nitrogen and oxygen atoms in total. The summed E-state index contributed by atoms with van der Waals surface area (Å²) in [7, 11) is 0. The van der Waals surface area contributed by atoms with E-state index < -0.39 is 5.82 Å². The van der Waals surface area contributed by atoms with Crippen LogP contribution in [0, 0.1) is 5.82 Å². The van der Waals surface area contributed by atoms with E-state index in [0.717, 1.165) is 0 Å². The molecule has 0 unspecified atom stereocenters. The number of halogens is 2. The highest BCUT2D eigenvalue weighted by Gasteiger charge is 2.23. The summed E-state index contributed by atoms with van der Waals surface area (Å²) < 4.78 is 23.7. The van der Waals surface area contributed by atoms with Gasteiger partial charge in [-0.15, -0.1) is 0 Å². The highest BCUT2D eigenvalue weighted by atomic mass is 35.5. The fraction of sp³-hybridized carbons (Fsp3) is 0.333. The summed E-state index contributed by atoms with van der Waals surface area (Å²) in [6.07, 6.45) is 0.332. The summed E-state index contributed by atoms with van der Waals surface area (Å²) in [5.74, 6) is 5.06. The molecule has 1 aliphatic heterocycles. The minimum Gasteiger partial charge on any atom is -0.454 e. The zero-order valence-electron chi connectivity index (χ0n) is 7.76. The van der Waals surface area contributed by atoms with Crippen molar-refractivity contribution >= 4 is 11.6 Å². The van der Waals surface area contributed by atoms with Gasteiger partial charge in [-0.2, -0.15) is 0 Å². The van der Waals surface area contributed by atoms with Gasteiger partial charge in [-0.05, 0) is 11.6 Å². The van der Waals surface area contributed by atoms with Crippen LogP contribution in [0.2, 0.25) is 5.02 Å². The highest BCUT2D eigenvalue weighted by Crippen LogP contribution is 2.41. The Morgan fingerprint density at radius 1 is 1.53 bits per heavy atom. The monoisotopic (exact) mass is 233 g/mol. The summed E-state index contributed by atoms with van der Waals surface area (Å²) in [6, 6.07) is 1.54. The van der Waals surface area contributed by atoms with Crippen LogP contribution in [0.1, 0.15) is 5.56 Å². The standard InChI is InChI=1S/C9H9ClFNO3/c10-7-8(11)5(1-2-15-12)3-6-9(7)14-4-13-6/h3H,1-2,4,12H2. The molecule has 0 spiro atoms. The first kappa shape index (κ1) is 10.5. The smallest absolute Gasteiger partial charge is 0.231 e. The Bertz CT molecular complexity index is 386. The molecule has 0 aliphatic carbocycles. The fourth-order valence-electron chi connectivity index (χ4n) is 1.38. The maximum absolute atomic E-state index is 13.6. The number of hydrogen-bond donors (Lipinski definition) is 1. The second kappa shape index (κ2) is 4.22. The molecular formula is C9H9ClFNO3. The van der Waals surface area contributed by atoms with Crippen molar-refractivity contribution in [2.24, 2.45) is 5.90 Å². The van der Waals surface area contributed by atoms with Gasteiger partial charge in [0.05, 0.1) is 6.61 Å². The molecule has 0 amide bonds. The van der Waals surface area contributed by atoms with Gasteiger partial charge < -0.3 is 14.3 Å². The number of ether oxygens (including phenoxy) is 2. The van der Waals surface area contributed by atoms with Gasteiger partial charge in [-0.1, -0.05) is 11.6 Å². The van der Waals surface area contributed by atoms with Gasteiger partial charge in [0.2, 0.25) is 6.79 Å². The zero-order valence-corrected chi connectivity index (χ0v) is 8.51. The van der Waals surface area contributed by atoms with E-state index in [2.05, 4.69) is 4.84 Å². The number of fused-ring (bicyclic) bond motifs is 1. The van der Waals surface area contributed by atoms with E-state index in [1.165, 1.54) is 0 Å². The molecule has 0 aromatic heterocycles. The van der Waals surface area contributed by atoms with E-state index in [0.29, 0.717) is 17.7 Å². The van der Waals surface area contributed by atoms with Crippen LogP contribution in [-0.4, -0.2) is 13.4 Å². The molecule has 2 N–H and O–H groups in total. The van der Waals surface area contributed by atoms with Crippen LogP contribution in [0.15, 0.2) is 6.07 Å². The minimum atomic E-state index is -0.516. The molecular weight excluding hydrogens is 225 g/mol. The lowest BCUT2D eigenvalue weighted by Gasteiger charge is -2.06. The fourth-order valence-corrected chi connectivity index (χ4v) is 1.65. The Hall–Kier alpha value is -1.04. The van der Waals surface area contributed by atoms with Gasteiger partial charge >= 0.3 is 0 Å². The van der Waals surface area contributed by atoms with Crippen LogP contribution in [0.25, 0.3) is 0 Å². The Balaban J connectivity index is 2.36. The molecule has 0 bridgehead atoms. The Kier molecular flexibility index (Phi) is 2.95. The topological polar surface area (TPSA) is 53.7 Å². The van der Waals surface area contributed by atoms with Gasteiger partial charge in [-0.3, -0.25) is 0 Å². The number of nitrogens with two attached hydrogens (primary N) is 1.